The van der Waals surface area contributed by atoms with Gasteiger partial charge in [0.2, 0.25) is 0 Å². The Balaban J connectivity index is 0.00000300. The summed E-state index contributed by atoms with van der Waals surface area (Å²) in [6.45, 7) is 16.0. The van der Waals surface area contributed by atoms with E-state index in [-0.39, 0.29) is 24.0 Å². The summed E-state index contributed by atoms with van der Waals surface area (Å²) in [7, 11) is 0. The molecule has 0 spiro atoms. The van der Waals surface area contributed by atoms with Crippen LogP contribution in [0, 0.1) is 0 Å². The Kier molecular flexibility index (Phi) is 9.61. The van der Waals surface area contributed by atoms with Gasteiger partial charge >= 0.3 is 0 Å². The van der Waals surface area contributed by atoms with Gasteiger partial charge in [0, 0.05) is 43.6 Å². The smallest absolute Gasteiger partial charge is 0.191 e. The van der Waals surface area contributed by atoms with Crippen molar-refractivity contribution in [2.24, 2.45) is 4.99 Å². The van der Waals surface area contributed by atoms with E-state index in [0.717, 1.165) is 69.8 Å². The monoisotopic (exact) mass is 519 g/mol. The molecule has 1 aromatic heterocycles. The van der Waals surface area contributed by atoms with Crippen LogP contribution in [-0.4, -0.2) is 76.6 Å². The first kappa shape index (κ1) is 24.3. The van der Waals surface area contributed by atoms with Gasteiger partial charge in [-0.05, 0) is 27.2 Å². The fourth-order valence-corrected chi connectivity index (χ4v) is 3.93. The van der Waals surface area contributed by atoms with E-state index in [1.165, 1.54) is 0 Å². The third-order valence-corrected chi connectivity index (χ3v) is 5.57. The molecule has 29 heavy (non-hydrogen) atoms. The Morgan fingerprint density at radius 2 is 2.14 bits per heavy atom. The summed E-state index contributed by atoms with van der Waals surface area (Å²) >= 11 is 0. The number of aliphatic imine (C=N–C) groups is 1. The van der Waals surface area contributed by atoms with E-state index in [2.05, 4.69) is 64.9 Å². The van der Waals surface area contributed by atoms with Crippen molar-refractivity contribution in [2.45, 2.75) is 78.0 Å². The van der Waals surface area contributed by atoms with Crippen molar-refractivity contribution in [2.75, 3.05) is 32.8 Å². The average Bonchev–Trinajstić information content (AvgIpc) is 3.10. The number of morpholine rings is 1. The van der Waals surface area contributed by atoms with Crippen molar-refractivity contribution in [3.8, 4) is 0 Å². The second kappa shape index (κ2) is 11.5. The number of hydrogen-bond donors (Lipinski definition) is 2. The SMILES string of the molecule is CCNC(=NCC(C)N1CCOCC1C)NC1CCc2nc(C(C)C)nn2C1.I. The van der Waals surface area contributed by atoms with Crippen molar-refractivity contribution in [1.82, 2.24) is 30.3 Å². The van der Waals surface area contributed by atoms with Crippen LogP contribution in [-0.2, 0) is 17.7 Å². The molecule has 0 amide bonds. The van der Waals surface area contributed by atoms with E-state index in [1.807, 2.05) is 0 Å². The molecule has 0 saturated carbocycles. The van der Waals surface area contributed by atoms with E-state index < -0.39 is 0 Å². The van der Waals surface area contributed by atoms with Gasteiger partial charge in [0.05, 0.1) is 26.3 Å². The zero-order chi connectivity index (χ0) is 20.1. The van der Waals surface area contributed by atoms with Crippen LogP contribution >= 0.6 is 24.0 Å². The molecule has 1 saturated heterocycles. The molecule has 3 heterocycles. The van der Waals surface area contributed by atoms with Crippen LogP contribution in [0.15, 0.2) is 4.99 Å². The first-order valence-corrected chi connectivity index (χ1v) is 10.8. The van der Waals surface area contributed by atoms with Gasteiger partial charge < -0.3 is 15.4 Å². The number of aromatic nitrogens is 3. The summed E-state index contributed by atoms with van der Waals surface area (Å²) in [4.78, 5) is 12.0. The number of hydrogen-bond acceptors (Lipinski definition) is 5. The van der Waals surface area contributed by atoms with Gasteiger partial charge in [-0.3, -0.25) is 9.89 Å². The van der Waals surface area contributed by atoms with Crippen LogP contribution in [0.2, 0.25) is 0 Å². The Bertz CT molecular complexity index is 663. The quantitative estimate of drug-likeness (QED) is 0.340. The van der Waals surface area contributed by atoms with Crippen molar-refractivity contribution in [3.05, 3.63) is 11.6 Å². The highest BCUT2D eigenvalue weighted by Gasteiger charge is 2.25. The highest BCUT2D eigenvalue weighted by molar-refractivity contribution is 14.0. The lowest BCUT2D eigenvalue weighted by molar-refractivity contribution is -0.0165. The standard InChI is InChI=1S/C20H37N7O.HI/c1-6-21-20(22-11-15(4)26-9-10-28-13-16(26)5)23-17-7-8-18-24-19(14(2)3)25-27(18)12-17;/h14-17H,6-13H2,1-5H3,(H2,21,22,23);1H. The molecule has 0 bridgehead atoms. The molecule has 0 radical (unpaired) electrons. The van der Waals surface area contributed by atoms with Crippen molar-refractivity contribution in [3.63, 3.8) is 0 Å². The molecule has 0 aliphatic carbocycles. The maximum Gasteiger partial charge on any atom is 0.191 e. The van der Waals surface area contributed by atoms with E-state index >= 15 is 0 Å². The summed E-state index contributed by atoms with van der Waals surface area (Å²) in [5.41, 5.74) is 0. The van der Waals surface area contributed by atoms with Crippen LogP contribution in [0.4, 0.5) is 0 Å². The van der Waals surface area contributed by atoms with Crippen LogP contribution in [0.3, 0.4) is 0 Å². The molecule has 3 rings (SSSR count). The molecule has 2 aliphatic rings. The zero-order valence-electron chi connectivity index (χ0n) is 18.5. The lowest BCUT2D eigenvalue weighted by Crippen LogP contribution is -2.50. The molecule has 8 nitrogen and oxygen atoms in total. The Hall–Kier alpha value is -0.940. The Morgan fingerprint density at radius 3 is 2.83 bits per heavy atom. The Labute approximate surface area is 192 Å². The van der Waals surface area contributed by atoms with Crippen molar-refractivity contribution in [1.29, 1.82) is 0 Å². The summed E-state index contributed by atoms with van der Waals surface area (Å²) in [5.74, 6) is 3.32. The second-order valence-corrected chi connectivity index (χ2v) is 8.33. The molecule has 3 atom stereocenters. The van der Waals surface area contributed by atoms with Crippen LogP contribution in [0.1, 0.15) is 58.6 Å². The fraction of sp³-hybridized carbons (Fsp3) is 0.850. The van der Waals surface area contributed by atoms with Crippen molar-refractivity contribution >= 4 is 29.9 Å². The van der Waals surface area contributed by atoms with E-state index in [0.29, 0.717) is 24.0 Å². The molecule has 1 fully saturated rings. The van der Waals surface area contributed by atoms with Gasteiger partial charge in [0.25, 0.3) is 0 Å². The predicted molar refractivity (Wildman–Crippen MR) is 127 cm³/mol. The molecular weight excluding hydrogens is 481 g/mol. The third-order valence-electron chi connectivity index (χ3n) is 5.57. The summed E-state index contributed by atoms with van der Waals surface area (Å²) in [5, 5.41) is 11.7. The van der Waals surface area contributed by atoms with Gasteiger partial charge in [-0.1, -0.05) is 13.8 Å². The first-order chi connectivity index (χ1) is 13.5. The molecule has 2 N–H and O–H groups in total. The number of halogens is 1. The van der Waals surface area contributed by atoms with Crippen molar-refractivity contribution < 1.29 is 4.74 Å². The third kappa shape index (κ3) is 6.52. The molecule has 3 unspecified atom stereocenters. The topological polar surface area (TPSA) is 79.6 Å². The van der Waals surface area contributed by atoms with Gasteiger partial charge in [0.1, 0.15) is 5.82 Å². The average molecular weight is 519 g/mol. The Morgan fingerprint density at radius 1 is 1.34 bits per heavy atom. The van der Waals surface area contributed by atoms with Gasteiger partial charge in [-0.15, -0.1) is 24.0 Å². The number of guanidine groups is 1. The molecule has 9 heteroatoms. The highest BCUT2D eigenvalue weighted by atomic mass is 127. The number of ether oxygens (including phenoxy) is 1. The van der Waals surface area contributed by atoms with Crippen LogP contribution < -0.4 is 10.6 Å². The van der Waals surface area contributed by atoms with E-state index in [1.54, 1.807) is 0 Å². The predicted octanol–water partition coefficient (Wildman–Crippen LogP) is 2.00. The fourth-order valence-electron chi connectivity index (χ4n) is 3.93. The lowest BCUT2D eigenvalue weighted by atomic mass is 10.1. The summed E-state index contributed by atoms with van der Waals surface area (Å²) in [6, 6.07) is 1.18. The van der Waals surface area contributed by atoms with E-state index in [4.69, 9.17) is 9.73 Å². The number of nitrogens with zero attached hydrogens (tertiary/aromatic N) is 5. The normalized spacial score (nSPS) is 24.0. The molecular formula is C20H38IN7O. The van der Waals surface area contributed by atoms with Crippen LogP contribution in [0.5, 0.6) is 0 Å². The second-order valence-electron chi connectivity index (χ2n) is 8.33. The first-order valence-electron chi connectivity index (χ1n) is 10.8. The highest BCUT2D eigenvalue weighted by Crippen LogP contribution is 2.17. The molecule has 2 aliphatic heterocycles. The minimum Gasteiger partial charge on any atom is -0.379 e. The summed E-state index contributed by atoms with van der Waals surface area (Å²) in [6.07, 6.45) is 2.01. The summed E-state index contributed by atoms with van der Waals surface area (Å²) < 4.78 is 7.62. The molecule has 1 aromatic rings. The molecule has 0 aromatic carbocycles. The number of aryl methyl sites for hydroxylation is 1. The number of rotatable bonds is 6. The maximum absolute atomic E-state index is 5.56. The number of nitrogens with one attached hydrogen (secondary N) is 2. The lowest BCUT2D eigenvalue weighted by Gasteiger charge is -2.37. The van der Waals surface area contributed by atoms with Crippen LogP contribution in [0.25, 0.3) is 0 Å². The number of fused-ring (bicyclic) bond motifs is 1. The maximum atomic E-state index is 5.56. The van der Waals surface area contributed by atoms with E-state index in [9.17, 15) is 0 Å². The zero-order valence-corrected chi connectivity index (χ0v) is 20.8. The molecule has 166 valence electrons. The van der Waals surface area contributed by atoms with Gasteiger partial charge in [0.15, 0.2) is 11.8 Å². The minimum absolute atomic E-state index is 0. The van der Waals surface area contributed by atoms with Gasteiger partial charge in [-0.2, -0.15) is 5.10 Å². The van der Waals surface area contributed by atoms with Gasteiger partial charge in [-0.25, -0.2) is 9.67 Å². The largest absolute Gasteiger partial charge is 0.379 e. The minimum atomic E-state index is 0.